The van der Waals surface area contributed by atoms with Crippen LogP contribution < -0.4 is 0 Å². The second-order valence-electron chi connectivity index (χ2n) is 6.04. The summed E-state index contributed by atoms with van der Waals surface area (Å²) in [7, 11) is -3.52. The first-order chi connectivity index (χ1) is 9.77. The second kappa shape index (κ2) is 6.36. The van der Waals surface area contributed by atoms with E-state index in [0.29, 0.717) is 35.0 Å². The van der Waals surface area contributed by atoms with Crippen LogP contribution in [0.3, 0.4) is 0 Å². The number of hydrogen-bond donors (Lipinski definition) is 1. The Morgan fingerprint density at radius 3 is 2.62 bits per heavy atom. The van der Waals surface area contributed by atoms with Crippen molar-refractivity contribution in [1.29, 1.82) is 0 Å². The molecule has 0 amide bonds. The molecule has 6 heteroatoms. The summed E-state index contributed by atoms with van der Waals surface area (Å²) in [5.74, 6) is 0.903. The fraction of sp³-hybridized carbons (Fsp3) is 0.600. The third-order valence-electron chi connectivity index (χ3n) is 4.21. The van der Waals surface area contributed by atoms with Crippen LogP contribution in [0.5, 0.6) is 0 Å². The minimum atomic E-state index is -3.52. The smallest absolute Gasteiger partial charge is 0.244 e. The van der Waals surface area contributed by atoms with Gasteiger partial charge in [-0.3, -0.25) is 0 Å². The number of aryl methyl sites for hydroxylation is 1. The van der Waals surface area contributed by atoms with E-state index in [1.807, 2.05) is 6.92 Å². The molecule has 0 aromatic heterocycles. The molecule has 1 heterocycles. The molecule has 1 aromatic rings. The third-order valence-corrected chi connectivity index (χ3v) is 7.42. The van der Waals surface area contributed by atoms with Crippen molar-refractivity contribution in [3.8, 4) is 0 Å². The Kier molecular flexibility index (Phi) is 5.13. The highest BCUT2D eigenvalue weighted by molar-refractivity contribution is 9.10. The number of sulfonamides is 1. The average Bonchev–Trinajstić information content (AvgIpc) is 2.92. The molecule has 0 bridgehead atoms. The quantitative estimate of drug-likeness (QED) is 0.879. The zero-order valence-electron chi connectivity index (χ0n) is 12.6. The highest BCUT2D eigenvalue weighted by Gasteiger charge is 2.35. The average molecular weight is 376 g/mol. The number of rotatable bonds is 4. The van der Waals surface area contributed by atoms with Crippen LogP contribution in [-0.2, 0) is 16.6 Å². The summed E-state index contributed by atoms with van der Waals surface area (Å²) in [6, 6.07) is 3.36. The number of halogens is 1. The summed E-state index contributed by atoms with van der Waals surface area (Å²) in [5, 5.41) is 9.30. The van der Waals surface area contributed by atoms with E-state index < -0.39 is 10.0 Å². The molecule has 1 aliphatic rings. The Hall–Kier alpha value is -0.430. The van der Waals surface area contributed by atoms with Gasteiger partial charge in [-0.15, -0.1) is 0 Å². The Balaban J connectivity index is 2.39. The lowest BCUT2D eigenvalue weighted by atomic mass is 9.96. The van der Waals surface area contributed by atoms with E-state index in [0.717, 1.165) is 12.0 Å². The lowest BCUT2D eigenvalue weighted by Crippen LogP contribution is -2.30. The molecule has 1 fully saturated rings. The zero-order valence-corrected chi connectivity index (χ0v) is 15.0. The maximum Gasteiger partial charge on any atom is 0.244 e. The Morgan fingerprint density at radius 2 is 2.10 bits per heavy atom. The van der Waals surface area contributed by atoms with Crippen LogP contribution in [0.1, 0.15) is 31.4 Å². The monoisotopic (exact) mass is 375 g/mol. The predicted molar refractivity (Wildman–Crippen MR) is 86.5 cm³/mol. The Labute approximate surface area is 135 Å². The molecule has 0 radical (unpaired) electrons. The third kappa shape index (κ3) is 3.33. The zero-order chi connectivity index (χ0) is 15.8. The molecule has 0 aliphatic carbocycles. The van der Waals surface area contributed by atoms with Gasteiger partial charge in [0.15, 0.2) is 0 Å². The van der Waals surface area contributed by atoms with E-state index in [4.69, 9.17) is 0 Å². The topological polar surface area (TPSA) is 57.6 Å². The van der Waals surface area contributed by atoms with Gasteiger partial charge in [0, 0.05) is 17.6 Å². The van der Waals surface area contributed by atoms with Crippen LogP contribution >= 0.6 is 15.9 Å². The summed E-state index contributed by atoms with van der Waals surface area (Å²) in [6.45, 7) is 7.09. The lowest BCUT2D eigenvalue weighted by molar-refractivity contribution is 0.281. The molecule has 0 saturated carbocycles. The molecule has 1 aromatic carbocycles. The molecule has 2 rings (SSSR count). The first-order valence-corrected chi connectivity index (χ1v) is 9.40. The van der Waals surface area contributed by atoms with Gasteiger partial charge in [-0.05, 0) is 58.3 Å². The number of benzene rings is 1. The van der Waals surface area contributed by atoms with Crippen molar-refractivity contribution in [3.63, 3.8) is 0 Å². The molecule has 1 aliphatic heterocycles. The van der Waals surface area contributed by atoms with Crippen molar-refractivity contribution in [1.82, 2.24) is 4.31 Å². The van der Waals surface area contributed by atoms with Crippen molar-refractivity contribution in [2.45, 2.75) is 38.7 Å². The lowest BCUT2D eigenvalue weighted by Gasteiger charge is -2.20. The molecule has 0 spiro atoms. The van der Waals surface area contributed by atoms with Gasteiger partial charge in [-0.2, -0.15) is 4.31 Å². The fourth-order valence-electron chi connectivity index (χ4n) is 2.74. The summed E-state index contributed by atoms with van der Waals surface area (Å²) in [5.41, 5.74) is 1.44. The first kappa shape index (κ1) is 16.9. The van der Waals surface area contributed by atoms with Crippen LogP contribution in [-0.4, -0.2) is 30.9 Å². The molecule has 1 atom stereocenters. The summed E-state index contributed by atoms with van der Waals surface area (Å²) in [4.78, 5) is 0.260. The van der Waals surface area contributed by atoms with E-state index in [1.54, 1.807) is 16.4 Å². The second-order valence-corrected chi connectivity index (χ2v) is 8.74. The van der Waals surface area contributed by atoms with E-state index in [1.165, 1.54) is 0 Å². The number of hydrogen-bond acceptors (Lipinski definition) is 3. The van der Waals surface area contributed by atoms with Crippen molar-refractivity contribution in [3.05, 3.63) is 27.7 Å². The largest absolute Gasteiger partial charge is 0.392 e. The van der Waals surface area contributed by atoms with Gasteiger partial charge < -0.3 is 5.11 Å². The Bertz CT molecular complexity index is 628. The normalized spacial score (nSPS) is 20.4. The molecular formula is C15H22BrNO3S. The number of aliphatic hydroxyl groups is 1. The van der Waals surface area contributed by atoms with Crippen molar-refractivity contribution < 1.29 is 13.5 Å². The van der Waals surface area contributed by atoms with Crippen LogP contribution in [0.2, 0.25) is 0 Å². The Morgan fingerprint density at radius 1 is 1.43 bits per heavy atom. The number of aliphatic hydroxyl groups excluding tert-OH is 1. The van der Waals surface area contributed by atoms with Crippen LogP contribution in [0.15, 0.2) is 21.5 Å². The molecule has 1 N–H and O–H groups in total. The maximum atomic E-state index is 12.9. The highest BCUT2D eigenvalue weighted by atomic mass is 79.9. The number of nitrogens with zero attached hydrogens (tertiary/aromatic N) is 1. The molecule has 21 heavy (non-hydrogen) atoms. The summed E-state index contributed by atoms with van der Waals surface area (Å²) in [6.07, 6.45) is 0.910. The van der Waals surface area contributed by atoms with Gasteiger partial charge >= 0.3 is 0 Å². The minimum Gasteiger partial charge on any atom is -0.392 e. The van der Waals surface area contributed by atoms with Gasteiger partial charge in [0.25, 0.3) is 0 Å². The van der Waals surface area contributed by atoms with Crippen molar-refractivity contribution in [2.24, 2.45) is 11.8 Å². The van der Waals surface area contributed by atoms with Gasteiger partial charge in [-0.1, -0.05) is 19.9 Å². The molecule has 118 valence electrons. The standard InChI is InChI=1S/C15H22BrNO3S/c1-10(2)13-4-5-17(8-13)21(19,20)14-7-12(9-18)6-11(3)15(14)16/h6-7,10,13,18H,4-5,8-9H2,1-3H3. The van der Waals surface area contributed by atoms with E-state index in [2.05, 4.69) is 29.8 Å². The van der Waals surface area contributed by atoms with E-state index >= 15 is 0 Å². The first-order valence-electron chi connectivity index (χ1n) is 7.17. The van der Waals surface area contributed by atoms with Gasteiger partial charge in [-0.25, -0.2) is 8.42 Å². The van der Waals surface area contributed by atoms with Crippen LogP contribution in [0.4, 0.5) is 0 Å². The SMILES string of the molecule is Cc1cc(CO)cc(S(=O)(=O)N2CCC(C(C)C)C2)c1Br. The van der Waals surface area contributed by atoms with Gasteiger partial charge in [0.05, 0.1) is 11.5 Å². The molecule has 1 saturated heterocycles. The van der Waals surface area contributed by atoms with Crippen molar-refractivity contribution >= 4 is 26.0 Å². The van der Waals surface area contributed by atoms with Gasteiger partial charge in [0.2, 0.25) is 10.0 Å². The van der Waals surface area contributed by atoms with E-state index in [-0.39, 0.29) is 11.5 Å². The van der Waals surface area contributed by atoms with Gasteiger partial charge in [0.1, 0.15) is 0 Å². The van der Waals surface area contributed by atoms with E-state index in [9.17, 15) is 13.5 Å². The highest BCUT2D eigenvalue weighted by Crippen LogP contribution is 2.33. The molecular weight excluding hydrogens is 354 g/mol. The van der Waals surface area contributed by atoms with Crippen LogP contribution in [0.25, 0.3) is 0 Å². The summed E-state index contributed by atoms with van der Waals surface area (Å²) >= 11 is 3.38. The minimum absolute atomic E-state index is 0.161. The molecule has 1 unspecified atom stereocenters. The maximum absolute atomic E-state index is 12.9. The fourth-order valence-corrected chi connectivity index (χ4v) is 5.29. The summed E-state index contributed by atoms with van der Waals surface area (Å²) < 4.78 is 27.9. The molecule has 4 nitrogen and oxygen atoms in total. The van der Waals surface area contributed by atoms with Crippen LogP contribution in [0, 0.1) is 18.8 Å². The predicted octanol–water partition coefficient (Wildman–Crippen LogP) is 2.92. The van der Waals surface area contributed by atoms with Crippen molar-refractivity contribution in [2.75, 3.05) is 13.1 Å².